The molecule has 2 amide bonds. The number of carbonyl (C=O) groups excluding carboxylic acids is 2. The molecule has 178 valence electrons. The summed E-state index contributed by atoms with van der Waals surface area (Å²) in [6.07, 6.45) is 0.130. The SMILES string of the molecule is COc1ccc(-c2nc(CC(=O)Nc3cccc(C(=O)N4CCOCC4)c3C)cs2)cc1OC. The number of nitrogens with zero attached hydrogens (tertiary/aromatic N) is 2. The number of methoxy groups -OCH3 is 2. The Morgan fingerprint density at radius 1 is 1.12 bits per heavy atom. The lowest BCUT2D eigenvalue weighted by Crippen LogP contribution is -2.41. The van der Waals surface area contributed by atoms with Crippen LogP contribution in [0.2, 0.25) is 0 Å². The highest BCUT2D eigenvalue weighted by atomic mass is 32.1. The molecule has 4 rings (SSSR count). The van der Waals surface area contributed by atoms with E-state index in [4.69, 9.17) is 14.2 Å². The summed E-state index contributed by atoms with van der Waals surface area (Å²) in [4.78, 5) is 32.0. The Labute approximate surface area is 202 Å². The molecule has 0 spiro atoms. The number of ether oxygens (including phenoxy) is 3. The van der Waals surface area contributed by atoms with Crippen molar-refractivity contribution in [3.05, 3.63) is 58.6 Å². The largest absolute Gasteiger partial charge is 0.493 e. The quantitative estimate of drug-likeness (QED) is 0.552. The Kier molecular flexibility index (Phi) is 7.44. The maximum atomic E-state index is 12.9. The minimum atomic E-state index is -0.191. The molecule has 34 heavy (non-hydrogen) atoms. The summed E-state index contributed by atoms with van der Waals surface area (Å²) < 4.78 is 16.0. The van der Waals surface area contributed by atoms with E-state index in [1.807, 2.05) is 30.5 Å². The van der Waals surface area contributed by atoms with Gasteiger partial charge < -0.3 is 24.4 Å². The number of nitrogens with one attached hydrogen (secondary N) is 1. The first-order valence-electron chi connectivity index (χ1n) is 10.9. The molecule has 9 heteroatoms. The van der Waals surface area contributed by atoms with Crippen LogP contribution in [0.5, 0.6) is 11.5 Å². The van der Waals surface area contributed by atoms with Crippen molar-refractivity contribution in [2.45, 2.75) is 13.3 Å². The molecule has 0 atom stereocenters. The van der Waals surface area contributed by atoms with Gasteiger partial charge >= 0.3 is 0 Å². The lowest BCUT2D eigenvalue weighted by atomic mass is 10.0. The standard InChI is InChI=1S/C25H27N3O5S/c1-16-19(25(30)28-9-11-33-12-10-28)5-4-6-20(16)27-23(29)14-18-15-34-24(26-18)17-7-8-21(31-2)22(13-17)32-3/h4-8,13,15H,9-12,14H2,1-3H3,(H,27,29). The molecule has 3 aromatic rings. The van der Waals surface area contributed by atoms with Crippen LogP contribution < -0.4 is 14.8 Å². The lowest BCUT2D eigenvalue weighted by molar-refractivity contribution is -0.115. The van der Waals surface area contributed by atoms with Gasteiger partial charge in [-0.3, -0.25) is 9.59 Å². The van der Waals surface area contributed by atoms with Crippen LogP contribution in [-0.2, 0) is 16.0 Å². The fraction of sp³-hybridized carbons (Fsp3) is 0.320. The Morgan fingerprint density at radius 2 is 1.88 bits per heavy atom. The summed E-state index contributed by atoms with van der Waals surface area (Å²) in [5.74, 6) is 1.03. The molecule has 0 aliphatic carbocycles. The van der Waals surface area contributed by atoms with Gasteiger partial charge in [-0.15, -0.1) is 11.3 Å². The van der Waals surface area contributed by atoms with Crippen LogP contribution >= 0.6 is 11.3 Å². The molecule has 0 radical (unpaired) electrons. The van der Waals surface area contributed by atoms with Crippen LogP contribution in [0.25, 0.3) is 10.6 Å². The third kappa shape index (κ3) is 5.21. The molecule has 1 aromatic heterocycles. The highest BCUT2D eigenvalue weighted by molar-refractivity contribution is 7.13. The van der Waals surface area contributed by atoms with Crippen molar-refractivity contribution in [1.82, 2.24) is 9.88 Å². The average molecular weight is 482 g/mol. The van der Waals surface area contributed by atoms with E-state index >= 15 is 0 Å². The maximum Gasteiger partial charge on any atom is 0.254 e. The molecule has 2 aromatic carbocycles. The highest BCUT2D eigenvalue weighted by Gasteiger charge is 2.21. The lowest BCUT2D eigenvalue weighted by Gasteiger charge is -2.27. The molecule has 0 bridgehead atoms. The smallest absolute Gasteiger partial charge is 0.254 e. The van der Waals surface area contributed by atoms with E-state index in [1.165, 1.54) is 11.3 Å². The third-order valence-corrected chi connectivity index (χ3v) is 6.60. The number of benzene rings is 2. The number of anilines is 1. The van der Waals surface area contributed by atoms with E-state index in [1.54, 1.807) is 37.3 Å². The van der Waals surface area contributed by atoms with Gasteiger partial charge in [-0.1, -0.05) is 6.07 Å². The average Bonchev–Trinajstić information content (AvgIpc) is 3.33. The second kappa shape index (κ2) is 10.7. The summed E-state index contributed by atoms with van der Waals surface area (Å²) in [5.41, 5.74) is 3.52. The van der Waals surface area contributed by atoms with E-state index in [2.05, 4.69) is 10.3 Å². The van der Waals surface area contributed by atoms with Crippen molar-refractivity contribution in [3.63, 3.8) is 0 Å². The van der Waals surface area contributed by atoms with Crippen LogP contribution in [-0.4, -0.2) is 62.2 Å². The molecule has 8 nitrogen and oxygen atoms in total. The minimum Gasteiger partial charge on any atom is -0.493 e. The Morgan fingerprint density at radius 3 is 2.62 bits per heavy atom. The van der Waals surface area contributed by atoms with E-state index < -0.39 is 0 Å². The molecule has 1 saturated heterocycles. The molecule has 1 aliphatic rings. The van der Waals surface area contributed by atoms with Crippen molar-refractivity contribution >= 4 is 28.8 Å². The monoisotopic (exact) mass is 481 g/mol. The van der Waals surface area contributed by atoms with Gasteiger partial charge in [-0.25, -0.2) is 4.98 Å². The van der Waals surface area contributed by atoms with Gasteiger partial charge in [0.25, 0.3) is 5.91 Å². The van der Waals surface area contributed by atoms with Crippen LogP contribution in [0, 0.1) is 6.92 Å². The van der Waals surface area contributed by atoms with E-state index in [0.29, 0.717) is 54.7 Å². The van der Waals surface area contributed by atoms with Gasteiger partial charge in [0.15, 0.2) is 11.5 Å². The molecular weight excluding hydrogens is 454 g/mol. The first-order valence-corrected chi connectivity index (χ1v) is 11.8. The van der Waals surface area contributed by atoms with Crippen LogP contribution in [0.4, 0.5) is 5.69 Å². The van der Waals surface area contributed by atoms with E-state index in [0.717, 1.165) is 16.1 Å². The molecular formula is C25H27N3O5S. The number of thiazole rings is 1. The first-order chi connectivity index (χ1) is 16.5. The van der Waals surface area contributed by atoms with Crippen LogP contribution in [0.3, 0.4) is 0 Å². The predicted molar refractivity (Wildman–Crippen MR) is 131 cm³/mol. The van der Waals surface area contributed by atoms with Gasteiger partial charge in [0.2, 0.25) is 5.91 Å². The maximum absolute atomic E-state index is 12.9. The van der Waals surface area contributed by atoms with Gasteiger partial charge in [-0.05, 0) is 42.8 Å². The fourth-order valence-electron chi connectivity index (χ4n) is 3.79. The normalized spacial score (nSPS) is 13.4. The Bertz CT molecular complexity index is 1190. The third-order valence-electron chi connectivity index (χ3n) is 5.66. The number of hydrogen-bond acceptors (Lipinski definition) is 7. The zero-order valence-corrected chi connectivity index (χ0v) is 20.2. The molecule has 0 unspecified atom stereocenters. The summed E-state index contributed by atoms with van der Waals surface area (Å²) in [6.45, 7) is 4.07. The minimum absolute atomic E-state index is 0.0454. The van der Waals surface area contributed by atoms with Gasteiger partial charge in [-0.2, -0.15) is 0 Å². The molecule has 2 heterocycles. The fourth-order valence-corrected chi connectivity index (χ4v) is 4.61. The van der Waals surface area contributed by atoms with Crippen molar-refractivity contribution in [2.24, 2.45) is 0 Å². The van der Waals surface area contributed by atoms with Gasteiger partial charge in [0, 0.05) is 35.3 Å². The van der Waals surface area contributed by atoms with Crippen LogP contribution in [0.1, 0.15) is 21.6 Å². The number of hydrogen-bond donors (Lipinski definition) is 1. The van der Waals surface area contributed by atoms with Crippen molar-refractivity contribution in [3.8, 4) is 22.1 Å². The highest BCUT2D eigenvalue weighted by Crippen LogP contribution is 2.33. The topological polar surface area (TPSA) is 90.0 Å². The summed E-state index contributed by atoms with van der Waals surface area (Å²) >= 11 is 1.46. The Hall–Kier alpha value is -3.43. The van der Waals surface area contributed by atoms with E-state index in [9.17, 15) is 9.59 Å². The summed E-state index contributed by atoms with van der Waals surface area (Å²) in [7, 11) is 3.18. The number of amides is 2. The van der Waals surface area contributed by atoms with Gasteiger partial charge in [0.1, 0.15) is 5.01 Å². The second-order valence-electron chi connectivity index (χ2n) is 7.82. The van der Waals surface area contributed by atoms with Crippen molar-refractivity contribution in [2.75, 3.05) is 45.8 Å². The Balaban J connectivity index is 1.44. The van der Waals surface area contributed by atoms with Crippen molar-refractivity contribution < 1.29 is 23.8 Å². The number of morpholine rings is 1. The molecule has 1 N–H and O–H groups in total. The molecule has 0 saturated carbocycles. The zero-order valence-electron chi connectivity index (χ0n) is 19.4. The first kappa shape index (κ1) is 23.7. The number of rotatable bonds is 7. The van der Waals surface area contributed by atoms with Gasteiger partial charge in [0.05, 0.1) is 39.5 Å². The summed E-state index contributed by atoms with van der Waals surface area (Å²) in [5, 5.41) is 5.59. The molecule has 1 aliphatic heterocycles. The number of aromatic nitrogens is 1. The van der Waals surface area contributed by atoms with Crippen molar-refractivity contribution in [1.29, 1.82) is 0 Å². The van der Waals surface area contributed by atoms with E-state index in [-0.39, 0.29) is 18.2 Å². The zero-order chi connectivity index (χ0) is 24.1. The number of carbonyl (C=O) groups is 2. The summed E-state index contributed by atoms with van der Waals surface area (Å²) in [6, 6.07) is 11.0. The predicted octanol–water partition coefficient (Wildman–Crippen LogP) is 3.79. The second-order valence-corrected chi connectivity index (χ2v) is 8.68. The van der Waals surface area contributed by atoms with Crippen LogP contribution in [0.15, 0.2) is 41.8 Å². The molecule has 1 fully saturated rings.